The summed E-state index contributed by atoms with van der Waals surface area (Å²) in [4.78, 5) is 13.1. The third kappa shape index (κ3) is 6.42. The number of carbonyl (C=O) groups is 1. The molecule has 0 amide bonds. The monoisotopic (exact) mass is 364 g/mol. The van der Waals surface area contributed by atoms with Crippen molar-refractivity contribution in [1.82, 2.24) is 0 Å². The van der Waals surface area contributed by atoms with E-state index in [4.69, 9.17) is 0 Å². The highest BCUT2D eigenvalue weighted by Gasteiger charge is 2.30. The van der Waals surface area contributed by atoms with Crippen LogP contribution >= 0.6 is 0 Å². The first-order valence-corrected chi connectivity index (χ1v) is 13.1. The molecular weight excluding hydrogens is 332 g/mol. The van der Waals surface area contributed by atoms with Gasteiger partial charge < -0.3 is 0 Å². The zero-order valence-corrected chi connectivity index (χ0v) is 17.5. The second-order valence-corrected chi connectivity index (χ2v) is 12.4. The van der Waals surface area contributed by atoms with Crippen LogP contribution in [0.3, 0.4) is 0 Å². The fraction of sp³-hybridized carbons (Fsp3) is 0.375. The molecule has 0 N–H and O–H groups in total. The van der Waals surface area contributed by atoms with Crippen molar-refractivity contribution in [2.45, 2.75) is 58.2 Å². The van der Waals surface area contributed by atoms with Crippen LogP contribution in [0.25, 0.3) is 0 Å². The summed E-state index contributed by atoms with van der Waals surface area (Å²) in [5, 5.41) is 1.14. The number of allylic oxidation sites excluding steroid dienone is 2. The molecule has 0 aliphatic heterocycles. The van der Waals surface area contributed by atoms with Gasteiger partial charge in [-0.15, -0.1) is 0 Å². The number of rotatable bonds is 10. The Morgan fingerprint density at radius 3 is 2.08 bits per heavy atom. The van der Waals surface area contributed by atoms with Gasteiger partial charge in [0.15, 0.2) is 5.78 Å². The summed E-state index contributed by atoms with van der Waals surface area (Å²) < 4.78 is 0. The zero-order chi connectivity index (χ0) is 18.8. The van der Waals surface area contributed by atoms with Crippen LogP contribution in [0.1, 0.15) is 43.7 Å². The van der Waals surface area contributed by atoms with Crippen LogP contribution in [0, 0.1) is 0 Å². The lowest BCUT2D eigenvalue weighted by Crippen LogP contribution is -2.37. The molecule has 26 heavy (non-hydrogen) atoms. The maximum atomic E-state index is 13.1. The molecule has 0 saturated heterocycles. The standard InChI is InChI=1S/C24H32OSi/c1-4-5-8-17-24(23(25)19-18-21-13-9-6-10-14-21)26(2,3)20-22-15-11-7-12-16-22/h6-7,9-17H,4-5,8,18-20H2,1-3H3/b24-17+. The highest BCUT2D eigenvalue weighted by atomic mass is 28.3. The predicted octanol–water partition coefficient (Wildman–Crippen LogP) is 6.33. The average Bonchev–Trinajstić information content (AvgIpc) is 2.64. The molecule has 0 heterocycles. The Morgan fingerprint density at radius 2 is 1.50 bits per heavy atom. The van der Waals surface area contributed by atoms with Crippen molar-refractivity contribution in [3.05, 3.63) is 83.1 Å². The average molecular weight is 365 g/mol. The van der Waals surface area contributed by atoms with Crippen LogP contribution in [0.5, 0.6) is 0 Å². The normalized spacial score (nSPS) is 12.2. The Balaban J connectivity index is 2.13. The molecule has 138 valence electrons. The van der Waals surface area contributed by atoms with E-state index < -0.39 is 8.07 Å². The molecule has 2 rings (SSSR count). The van der Waals surface area contributed by atoms with E-state index in [1.807, 2.05) is 18.2 Å². The third-order valence-corrected chi connectivity index (χ3v) is 8.14. The zero-order valence-electron chi connectivity index (χ0n) is 16.5. The Bertz CT molecular complexity index is 702. The van der Waals surface area contributed by atoms with E-state index >= 15 is 0 Å². The smallest absolute Gasteiger partial charge is 0.154 e. The van der Waals surface area contributed by atoms with E-state index in [9.17, 15) is 4.79 Å². The van der Waals surface area contributed by atoms with Crippen LogP contribution in [0.2, 0.25) is 13.1 Å². The fourth-order valence-corrected chi connectivity index (χ4v) is 6.48. The molecule has 2 aromatic rings. The second kappa shape index (κ2) is 10.3. The van der Waals surface area contributed by atoms with Gasteiger partial charge in [-0.25, -0.2) is 0 Å². The Kier molecular flexibility index (Phi) is 8.05. The van der Waals surface area contributed by atoms with Gasteiger partial charge in [-0.1, -0.05) is 105 Å². The number of hydrogen-bond donors (Lipinski definition) is 0. The molecule has 0 spiro atoms. The molecule has 0 saturated carbocycles. The van der Waals surface area contributed by atoms with E-state index in [1.54, 1.807) is 0 Å². The van der Waals surface area contributed by atoms with Gasteiger partial charge in [-0.3, -0.25) is 4.79 Å². The number of aryl methyl sites for hydroxylation is 1. The SMILES string of the molecule is CCCC/C=C(\C(=O)CCc1ccccc1)[Si](C)(C)Cc1ccccc1. The molecule has 1 nitrogen and oxygen atoms in total. The molecule has 0 radical (unpaired) electrons. The predicted molar refractivity (Wildman–Crippen MR) is 115 cm³/mol. The van der Waals surface area contributed by atoms with Gasteiger partial charge in [0.2, 0.25) is 0 Å². The van der Waals surface area contributed by atoms with Gasteiger partial charge in [0, 0.05) is 6.42 Å². The molecule has 0 bridgehead atoms. The van der Waals surface area contributed by atoms with Gasteiger partial charge in [0.1, 0.15) is 0 Å². The highest BCUT2D eigenvalue weighted by molar-refractivity contribution is 6.87. The van der Waals surface area contributed by atoms with Gasteiger partial charge in [0.05, 0.1) is 8.07 Å². The lowest BCUT2D eigenvalue weighted by atomic mass is 10.1. The summed E-state index contributed by atoms with van der Waals surface area (Å²) >= 11 is 0. The van der Waals surface area contributed by atoms with Crippen LogP contribution in [-0.4, -0.2) is 13.9 Å². The maximum absolute atomic E-state index is 13.1. The first kappa shape index (κ1) is 20.4. The molecule has 2 aromatic carbocycles. The van der Waals surface area contributed by atoms with Crippen molar-refractivity contribution in [3.63, 3.8) is 0 Å². The molecule has 0 atom stereocenters. The fourth-order valence-electron chi connectivity index (χ4n) is 3.46. The third-order valence-electron chi connectivity index (χ3n) is 4.91. The molecule has 0 unspecified atom stereocenters. The lowest BCUT2D eigenvalue weighted by Gasteiger charge is -2.26. The highest BCUT2D eigenvalue weighted by Crippen LogP contribution is 2.24. The van der Waals surface area contributed by atoms with Crippen LogP contribution in [0.4, 0.5) is 0 Å². The summed E-state index contributed by atoms with van der Waals surface area (Å²) in [7, 11) is -1.81. The minimum Gasteiger partial charge on any atom is -0.295 e. The van der Waals surface area contributed by atoms with Crippen LogP contribution < -0.4 is 0 Å². The number of hydrogen-bond acceptors (Lipinski definition) is 1. The van der Waals surface area contributed by atoms with Gasteiger partial charge in [0.25, 0.3) is 0 Å². The largest absolute Gasteiger partial charge is 0.295 e. The van der Waals surface area contributed by atoms with Crippen molar-refractivity contribution in [2.75, 3.05) is 0 Å². The van der Waals surface area contributed by atoms with E-state index in [-0.39, 0.29) is 0 Å². The maximum Gasteiger partial charge on any atom is 0.154 e. The van der Waals surface area contributed by atoms with Crippen molar-refractivity contribution in [1.29, 1.82) is 0 Å². The number of Topliss-reactive ketones (excluding diaryl/α,β-unsaturated/α-hetero) is 1. The minimum atomic E-state index is -1.81. The lowest BCUT2D eigenvalue weighted by molar-refractivity contribution is -0.115. The van der Waals surface area contributed by atoms with Gasteiger partial charge >= 0.3 is 0 Å². The van der Waals surface area contributed by atoms with E-state index in [0.717, 1.165) is 30.5 Å². The Morgan fingerprint density at radius 1 is 0.923 bits per heavy atom. The minimum absolute atomic E-state index is 0.359. The summed E-state index contributed by atoms with van der Waals surface area (Å²) in [6.45, 7) is 6.90. The molecule has 0 aliphatic carbocycles. The van der Waals surface area contributed by atoms with E-state index in [0.29, 0.717) is 12.2 Å². The molecule has 2 heteroatoms. The summed E-state index contributed by atoms with van der Waals surface area (Å²) in [5.41, 5.74) is 2.60. The van der Waals surface area contributed by atoms with Crippen molar-refractivity contribution < 1.29 is 4.79 Å². The van der Waals surface area contributed by atoms with E-state index in [1.165, 1.54) is 17.5 Å². The van der Waals surface area contributed by atoms with Crippen molar-refractivity contribution in [3.8, 4) is 0 Å². The Hall–Kier alpha value is -1.93. The summed E-state index contributed by atoms with van der Waals surface area (Å²) in [6, 6.07) is 22.0. The molecular formula is C24H32OSi. The molecule has 0 fully saturated rings. The summed E-state index contributed by atoms with van der Waals surface area (Å²) in [6.07, 6.45) is 7.07. The first-order chi connectivity index (χ1) is 12.5. The van der Waals surface area contributed by atoms with Crippen LogP contribution in [0.15, 0.2) is 71.9 Å². The van der Waals surface area contributed by atoms with Crippen LogP contribution in [-0.2, 0) is 17.3 Å². The topological polar surface area (TPSA) is 17.1 Å². The number of benzene rings is 2. The van der Waals surface area contributed by atoms with E-state index in [2.05, 4.69) is 68.6 Å². The second-order valence-electron chi connectivity index (χ2n) is 7.72. The van der Waals surface area contributed by atoms with Gasteiger partial charge in [-0.2, -0.15) is 0 Å². The Labute approximate surface area is 160 Å². The van der Waals surface area contributed by atoms with Crippen molar-refractivity contribution in [2.24, 2.45) is 0 Å². The summed E-state index contributed by atoms with van der Waals surface area (Å²) in [5.74, 6) is 0.359. The van der Waals surface area contributed by atoms with Gasteiger partial charge in [-0.05, 0) is 29.6 Å². The quantitative estimate of drug-likeness (QED) is 0.273. The molecule has 0 aliphatic rings. The molecule has 0 aromatic heterocycles. The number of ketones is 1. The van der Waals surface area contributed by atoms with Crippen molar-refractivity contribution >= 4 is 13.9 Å². The first-order valence-electron chi connectivity index (χ1n) is 9.84. The number of carbonyl (C=O) groups excluding carboxylic acids is 1. The number of unbranched alkanes of at least 4 members (excludes halogenated alkanes) is 2.